The minimum Gasteiger partial charge on any atom is -0.260 e. The first-order valence-electron chi connectivity index (χ1n) is 3.45. The molecule has 0 amide bonds. The molecule has 0 radical (unpaired) electrons. The molecular formula is C8H8N2S. The predicted octanol–water partition coefficient (Wildman–Crippen LogP) is 2.31. The molecular weight excluding hydrogens is 156 g/mol. The number of aryl methyl sites for hydroxylation is 2. The Hall–Kier alpha value is -0.960. The first kappa shape index (κ1) is 6.73. The van der Waals surface area contributed by atoms with Crippen LogP contribution in [0.4, 0.5) is 0 Å². The summed E-state index contributed by atoms with van der Waals surface area (Å²) in [6.07, 6.45) is 3.80. The van der Waals surface area contributed by atoms with Gasteiger partial charge in [-0.1, -0.05) is 0 Å². The largest absolute Gasteiger partial charge is 0.260 e. The van der Waals surface area contributed by atoms with Gasteiger partial charge in [0, 0.05) is 17.8 Å². The van der Waals surface area contributed by atoms with Gasteiger partial charge in [-0.15, -0.1) is 0 Å². The Labute approximate surface area is 69.1 Å². The van der Waals surface area contributed by atoms with Gasteiger partial charge in [0.1, 0.15) is 0 Å². The van der Waals surface area contributed by atoms with Crippen molar-refractivity contribution < 1.29 is 0 Å². The summed E-state index contributed by atoms with van der Waals surface area (Å²) in [6.45, 7) is 4.07. The van der Waals surface area contributed by atoms with Crippen molar-refractivity contribution >= 4 is 21.6 Å². The van der Waals surface area contributed by atoms with Crippen LogP contribution in [0.2, 0.25) is 0 Å². The van der Waals surface area contributed by atoms with E-state index < -0.39 is 0 Å². The zero-order chi connectivity index (χ0) is 7.84. The number of nitrogens with zero attached hydrogens (tertiary/aromatic N) is 2. The van der Waals surface area contributed by atoms with Gasteiger partial charge in [0.2, 0.25) is 0 Å². The number of hydrogen-bond acceptors (Lipinski definition) is 3. The van der Waals surface area contributed by atoms with Gasteiger partial charge in [0.05, 0.1) is 10.4 Å². The van der Waals surface area contributed by atoms with E-state index in [0.717, 1.165) is 5.69 Å². The molecule has 11 heavy (non-hydrogen) atoms. The molecule has 2 nitrogen and oxygen atoms in total. The summed E-state index contributed by atoms with van der Waals surface area (Å²) in [4.78, 5) is 4.25. The van der Waals surface area contributed by atoms with Crippen molar-refractivity contribution in [2.24, 2.45) is 0 Å². The molecule has 0 N–H and O–H groups in total. The van der Waals surface area contributed by atoms with Crippen LogP contribution in [0.25, 0.3) is 10.1 Å². The Morgan fingerprint density at radius 2 is 2.09 bits per heavy atom. The second kappa shape index (κ2) is 2.27. The van der Waals surface area contributed by atoms with Gasteiger partial charge in [-0.2, -0.15) is 4.37 Å². The number of hydrogen-bond donors (Lipinski definition) is 0. The minimum absolute atomic E-state index is 1.08. The van der Waals surface area contributed by atoms with Crippen LogP contribution in [-0.4, -0.2) is 9.36 Å². The third kappa shape index (κ3) is 0.922. The number of rotatable bonds is 0. The Kier molecular flexibility index (Phi) is 1.39. The molecule has 2 aromatic heterocycles. The molecule has 0 saturated carbocycles. The van der Waals surface area contributed by atoms with Gasteiger partial charge in [-0.3, -0.25) is 4.98 Å². The predicted molar refractivity (Wildman–Crippen MR) is 46.9 cm³/mol. The van der Waals surface area contributed by atoms with Crippen LogP contribution in [0.1, 0.15) is 11.3 Å². The van der Waals surface area contributed by atoms with E-state index in [-0.39, 0.29) is 0 Å². The fraction of sp³-hybridized carbons (Fsp3) is 0.250. The topological polar surface area (TPSA) is 25.8 Å². The second-order valence-corrected chi connectivity index (χ2v) is 3.40. The molecule has 3 heteroatoms. The average molecular weight is 164 g/mol. The molecule has 0 spiro atoms. The summed E-state index contributed by atoms with van der Waals surface area (Å²) >= 11 is 1.52. The Bertz CT molecular complexity index is 356. The molecule has 0 aliphatic rings. The van der Waals surface area contributed by atoms with Crippen LogP contribution in [0.3, 0.4) is 0 Å². The van der Waals surface area contributed by atoms with Crippen LogP contribution < -0.4 is 0 Å². The summed E-state index contributed by atoms with van der Waals surface area (Å²) in [5.41, 5.74) is 2.28. The molecule has 0 saturated heterocycles. The first-order valence-corrected chi connectivity index (χ1v) is 4.23. The molecule has 0 aliphatic carbocycles. The van der Waals surface area contributed by atoms with E-state index in [1.807, 2.05) is 19.3 Å². The summed E-state index contributed by atoms with van der Waals surface area (Å²) < 4.78 is 5.34. The van der Waals surface area contributed by atoms with Crippen molar-refractivity contribution in [2.45, 2.75) is 13.8 Å². The lowest BCUT2D eigenvalue weighted by molar-refractivity contribution is 1.22. The van der Waals surface area contributed by atoms with Crippen molar-refractivity contribution in [1.82, 2.24) is 9.36 Å². The van der Waals surface area contributed by atoms with Crippen molar-refractivity contribution in [1.29, 1.82) is 0 Å². The lowest BCUT2D eigenvalue weighted by Gasteiger charge is -1.95. The summed E-state index contributed by atoms with van der Waals surface area (Å²) in [5.74, 6) is 0. The van der Waals surface area contributed by atoms with E-state index in [2.05, 4.69) is 16.3 Å². The minimum atomic E-state index is 1.08. The van der Waals surface area contributed by atoms with Crippen LogP contribution in [0.15, 0.2) is 12.4 Å². The van der Waals surface area contributed by atoms with Crippen molar-refractivity contribution in [2.75, 3.05) is 0 Å². The average Bonchev–Trinajstić information content (AvgIpc) is 2.45. The van der Waals surface area contributed by atoms with E-state index in [1.54, 1.807) is 0 Å². The standard InChI is InChI=1S/C8H8N2S/c1-5-3-9-6(2)8-7(5)4-10-11-8/h3-4H,1-2H3. The smallest absolute Gasteiger partial charge is 0.0765 e. The van der Waals surface area contributed by atoms with Gasteiger partial charge < -0.3 is 0 Å². The summed E-state index contributed by atoms with van der Waals surface area (Å²) in [6, 6.07) is 0. The van der Waals surface area contributed by atoms with Crippen LogP contribution in [0.5, 0.6) is 0 Å². The van der Waals surface area contributed by atoms with Crippen LogP contribution in [0, 0.1) is 13.8 Å². The maximum Gasteiger partial charge on any atom is 0.0765 e. The third-order valence-corrected chi connectivity index (χ3v) is 2.68. The van der Waals surface area contributed by atoms with E-state index in [9.17, 15) is 0 Å². The highest BCUT2D eigenvalue weighted by Crippen LogP contribution is 2.22. The van der Waals surface area contributed by atoms with Crippen molar-refractivity contribution in [3.8, 4) is 0 Å². The zero-order valence-corrected chi connectivity index (χ0v) is 7.27. The number of pyridine rings is 1. The maximum absolute atomic E-state index is 4.25. The Balaban J connectivity index is 2.96. The van der Waals surface area contributed by atoms with Gasteiger partial charge in [0.25, 0.3) is 0 Å². The molecule has 0 atom stereocenters. The lowest BCUT2D eigenvalue weighted by atomic mass is 10.2. The molecule has 0 aromatic carbocycles. The van der Waals surface area contributed by atoms with E-state index in [1.165, 1.54) is 27.2 Å². The van der Waals surface area contributed by atoms with E-state index >= 15 is 0 Å². The van der Waals surface area contributed by atoms with Gasteiger partial charge in [0.15, 0.2) is 0 Å². The van der Waals surface area contributed by atoms with Crippen LogP contribution in [-0.2, 0) is 0 Å². The Morgan fingerprint density at radius 3 is 2.82 bits per heavy atom. The molecule has 2 aromatic rings. The van der Waals surface area contributed by atoms with Gasteiger partial charge in [-0.25, -0.2) is 0 Å². The number of fused-ring (bicyclic) bond motifs is 1. The van der Waals surface area contributed by atoms with E-state index in [4.69, 9.17) is 0 Å². The second-order valence-electron chi connectivity index (χ2n) is 2.60. The quantitative estimate of drug-likeness (QED) is 0.597. The summed E-state index contributed by atoms with van der Waals surface area (Å²) in [7, 11) is 0. The highest BCUT2D eigenvalue weighted by Gasteiger charge is 2.02. The normalized spacial score (nSPS) is 10.7. The molecule has 0 bridgehead atoms. The zero-order valence-electron chi connectivity index (χ0n) is 6.46. The lowest BCUT2D eigenvalue weighted by Crippen LogP contribution is -1.81. The maximum atomic E-state index is 4.25. The molecule has 0 unspecified atom stereocenters. The highest BCUT2D eigenvalue weighted by atomic mass is 32.1. The summed E-state index contributed by atoms with van der Waals surface area (Å²) in [5, 5.41) is 1.24. The van der Waals surface area contributed by atoms with Gasteiger partial charge >= 0.3 is 0 Å². The third-order valence-electron chi connectivity index (χ3n) is 1.78. The molecule has 2 heterocycles. The molecule has 0 fully saturated rings. The SMILES string of the molecule is Cc1cnc(C)c2sncc12. The molecule has 2 rings (SSSR count). The highest BCUT2D eigenvalue weighted by molar-refractivity contribution is 7.13. The fourth-order valence-electron chi connectivity index (χ4n) is 1.10. The Morgan fingerprint density at radius 1 is 1.27 bits per heavy atom. The molecule has 0 aliphatic heterocycles. The monoisotopic (exact) mass is 164 g/mol. The first-order chi connectivity index (χ1) is 5.29. The van der Waals surface area contributed by atoms with Crippen LogP contribution >= 0.6 is 11.5 Å². The van der Waals surface area contributed by atoms with Gasteiger partial charge in [-0.05, 0) is 30.9 Å². The fourth-order valence-corrected chi connectivity index (χ4v) is 1.86. The number of aromatic nitrogens is 2. The van der Waals surface area contributed by atoms with E-state index in [0.29, 0.717) is 0 Å². The molecule has 56 valence electrons. The van der Waals surface area contributed by atoms with Crippen molar-refractivity contribution in [3.63, 3.8) is 0 Å². The van der Waals surface area contributed by atoms with Crippen molar-refractivity contribution in [3.05, 3.63) is 23.7 Å².